The van der Waals surface area contributed by atoms with E-state index < -0.39 is 0 Å². The Morgan fingerprint density at radius 2 is 1.85 bits per heavy atom. The van der Waals surface area contributed by atoms with E-state index in [-0.39, 0.29) is 17.0 Å². The lowest BCUT2D eigenvalue weighted by atomic mass is 9.99. The summed E-state index contributed by atoms with van der Waals surface area (Å²) in [7, 11) is 0. The number of anilines is 1. The van der Waals surface area contributed by atoms with Gasteiger partial charge in [0.15, 0.2) is 0 Å². The summed E-state index contributed by atoms with van der Waals surface area (Å²) in [6, 6.07) is 12.3. The summed E-state index contributed by atoms with van der Waals surface area (Å²) >= 11 is 6.94. The van der Waals surface area contributed by atoms with Crippen LogP contribution in [0.15, 0.2) is 40.0 Å². The Labute approximate surface area is 242 Å². The van der Waals surface area contributed by atoms with E-state index in [9.17, 15) is 14.9 Å². The number of carbonyl (C=O) groups is 1. The minimum Gasteiger partial charge on any atom is -0.371 e. The number of nitrogens with one attached hydrogen (secondary N) is 1. The SMILES string of the molecule is CCCCC(CC)CN1C(=O)/C(=C\c2c(C)c(C#N)c(=O)n(CCCC)c2NCCc2ccccc2)SC1=S. The van der Waals surface area contributed by atoms with Crippen molar-refractivity contribution in [2.24, 2.45) is 5.92 Å². The van der Waals surface area contributed by atoms with Crippen molar-refractivity contribution in [1.82, 2.24) is 9.47 Å². The first kappa shape index (κ1) is 30.6. The molecule has 208 valence electrons. The largest absolute Gasteiger partial charge is 0.371 e. The van der Waals surface area contributed by atoms with Gasteiger partial charge in [-0.3, -0.25) is 19.1 Å². The van der Waals surface area contributed by atoms with Gasteiger partial charge in [-0.05, 0) is 49.3 Å². The van der Waals surface area contributed by atoms with E-state index in [0.29, 0.717) is 51.7 Å². The van der Waals surface area contributed by atoms with E-state index in [4.69, 9.17) is 12.2 Å². The Bertz CT molecular complexity index is 1290. The third kappa shape index (κ3) is 7.61. The number of thioether (sulfide) groups is 1. The Kier molecular flexibility index (Phi) is 11.8. The van der Waals surface area contributed by atoms with Gasteiger partial charge in [0.1, 0.15) is 21.8 Å². The number of unbranched alkanes of at least 4 members (excludes halogenated alkanes) is 2. The number of carbonyl (C=O) groups excluding carboxylic acids is 1. The van der Waals surface area contributed by atoms with Gasteiger partial charge in [-0.2, -0.15) is 5.26 Å². The third-order valence-corrected chi connectivity index (χ3v) is 8.67. The summed E-state index contributed by atoms with van der Waals surface area (Å²) < 4.78 is 2.24. The first-order chi connectivity index (χ1) is 18.9. The number of rotatable bonds is 14. The predicted molar refractivity (Wildman–Crippen MR) is 167 cm³/mol. The van der Waals surface area contributed by atoms with Gasteiger partial charge in [0, 0.05) is 25.2 Å². The molecule has 2 aromatic rings. The Balaban J connectivity index is 2.01. The van der Waals surface area contributed by atoms with Crippen LogP contribution in [0.25, 0.3) is 6.08 Å². The van der Waals surface area contributed by atoms with Crippen molar-refractivity contribution < 1.29 is 4.79 Å². The molecule has 39 heavy (non-hydrogen) atoms. The van der Waals surface area contributed by atoms with Crippen molar-refractivity contribution in [2.75, 3.05) is 18.4 Å². The topological polar surface area (TPSA) is 78.1 Å². The van der Waals surface area contributed by atoms with Gasteiger partial charge in [-0.25, -0.2) is 0 Å². The number of nitriles is 1. The van der Waals surface area contributed by atoms with E-state index in [2.05, 4.69) is 44.3 Å². The van der Waals surface area contributed by atoms with Crippen LogP contribution in [0.5, 0.6) is 0 Å². The maximum atomic E-state index is 13.5. The van der Waals surface area contributed by atoms with Crippen LogP contribution in [0.4, 0.5) is 5.82 Å². The molecule has 1 aliphatic heterocycles. The van der Waals surface area contributed by atoms with Crippen LogP contribution in [0.3, 0.4) is 0 Å². The van der Waals surface area contributed by atoms with Gasteiger partial charge in [-0.15, -0.1) is 0 Å². The molecule has 1 aliphatic rings. The molecule has 3 rings (SSSR count). The van der Waals surface area contributed by atoms with Crippen LogP contribution in [0, 0.1) is 24.2 Å². The molecular formula is C31H40N4O2S2. The average Bonchev–Trinajstić information content (AvgIpc) is 3.20. The smallest absolute Gasteiger partial charge is 0.270 e. The van der Waals surface area contributed by atoms with Crippen molar-refractivity contribution in [3.8, 4) is 6.07 Å². The molecule has 1 saturated heterocycles. The van der Waals surface area contributed by atoms with Gasteiger partial charge in [-0.1, -0.05) is 101 Å². The molecule has 1 fully saturated rings. The highest BCUT2D eigenvalue weighted by Gasteiger charge is 2.34. The van der Waals surface area contributed by atoms with Gasteiger partial charge in [0.05, 0.1) is 4.91 Å². The zero-order valence-electron chi connectivity index (χ0n) is 23.6. The van der Waals surface area contributed by atoms with E-state index >= 15 is 0 Å². The fourth-order valence-corrected chi connectivity index (χ4v) is 6.07. The molecule has 1 unspecified atom stereocenters. The normalized spacial score (nSPS) is 15.2. The minimum atomic E-state index is -0.294. The number of hydrogen-bond acceptors (Lipinski definition) is 6. The highest BCUT2D eigenvalue weighted by molar-refractivity contribution is 8.26. The summed E-state index contributed by atoms with van der Waals surface area (Å²) in [6.45, 7) is 9.93. The number of hydrogen-bond donors (Lipinski definition) is 1. The monoisotopic (exact) mass is 564 g/mol. The van der Waals surface area contributed by atoms with Crippen LogP contribution >= 0.6 is 24.0 Å². The van der Waals surface area contributed by atoms with Crippen molar-refractivity contribution in [3.63, 3.8) is 0 Å². The molecule has 1 aromatic carbocycles. The summed E-state index contributed by atoms with van der Waals surface area (Å²) in [5.74, 6) is 0.963. The van der Waals surface area contributed by atoms with Gasteiger partial charge >= 0.3 is 0 Å². The van der Waals surface area contributed by atoms with E-state index in [1.165, 1.54) is 17.3 Å². The molecule has 0 spiro atoms. The minimum absolute atomic E-state index is 0.0978. The van der Waals surface area contributed by atoms with E-state index in [1.807, 2.05) is 24.3 Å². The van der Waals surface area contributed by atoms with Crippen molar-refractivity contribution >= 4 is 46.1 Å². The zero-order chi connectivity index (χ0) is 28.4. The summed E-state index contributed by atoms with van der Waals surface area (Å²) in [5.41, 5.74) is 2.30. The Hall–Kier alpha value is -2.89. The second-order valence-corrected chi connectivity index (χ2v) is 11.7. The molecule has 2 heterocycles. The maximum absolute atomic E-state index is 13.5. The molecule has 1 aromatic heterocycles. The van der Waals surface area contributed by atoms with Crippen LogP contribution < -0.4 is 10.9 Å². The molecule has 8 heteroatoms. The molecule has 0 radical (unpaired) electrons. The molecule has 0 aliphatic carbocycles. The van der Waals surface area contributed by atoms with Gasteiger partial charge in [0.2, 0.25) is 0 Å². The molecular weight excluding hydrogens is 525 g/mol. The number of aromatic nitrogens is 1. The van der Waals surface area contributed by atoms with Crippen molar-refractivity contribution in [3.05, 3.63) is 67.8 Å². The second-order valence-electron chi connectivity index (χ2n) is 10.1. The highest BCUT2D eigenvalue weighted by Crippen LogP contribution is 2.36. The molecule has 1 amide bonds. The Morgan fingerprint density at radius 1 is 1.13 bits per heavy atom. The maximum Gasteiger partial charge on any atom is 0.270 e. The zero-order valence-corrected chi connectivity index (χ0v) is 25.2. The second kappa shape index (κ2) is 15.0. The van der Waals surface area contributed by atoms with Crippen LogP contribution in [-0.2, 0) is 17.8 Å². The number of amides is 1. The first-order valence-electron chi connectivity index (χ1n) is 14.1. The van der Waals surface area contributed by atoms with Crippen LogP contribution in [0.1, 0.15) is 81.5 Å². The quantitative estimate of drug-likeness (QED) is 0.199. The first-order valence-corrected chi connectivity index (χ1v) is 15.3. The number of thiocarbonyl (C=S) groups is 1. The number of pyridine rings is 1. The molecule has 0 bridgehead atoms. The number of benzene rings is 1. The van der Waals surface area contributed by atoms with Crippen molar-refractivity contribution in [1.29, 1.82) is 5.26 Å². The lowest BCUT2D eigenvalue weighted by molar-refractivity contribution is -0.122. The van der Waals surface area contributed by atoms with E-state index in [0.717, 1.165) is 44.9 Å². The number of nitrogens with zero attached hydrogens (tertiary/aromatic N) is 3. The van der Waals surface area contributed by atoms with E-state index in [1.54, 1.807) is 16.4 Å². The highest BCUT2D eigenvalue weighted by atomic mass is 32.2. The summed E-state index contributed by atoms with van der Waals surface area (Å²) in [6.07, 6.45) is 8.66. The molecule has 6 nitrogen and oxygen atoms in total. The lowest BCUT2D eigenvalue weighted by Crippen LogP contribution is -2.33. The lowest BCUT2D eigenvalue weighted by Gasteiger charge is -2.22. The predicted octanol–water partition coefficient (Wildman–Crippen LogP) is 6.90. The van der Waals surface area contributed by atoms with Crippen LogP contribution in [0.2, 0.25) is 0 Å². The summed E-state index contributed by atoms with van der Waals surface area (Å²) in [4.78, 5) is 29.2. The third-order valence-electron chi connectivity index (χ3n) is 7.29. The van der Waals surface area contributed by atoms with Gasteiger partial charge in [0.25, 0.3) is 11.5 Å². The molecule has 1 N–H and O–H groups in total. The Morgan fingerprint density at radius 3 is 2.49 bits per heavy atom. The fraction of sp³-hybridized carbons (Fsp3) is 0.484. The van der Waals surface area contributed by atoms with Crippen LogP contribution in [-0.4, -0.2) is 32.8 Å². The average molecular weight is 565 g/mol. The standard InChI is InChI=1S/C31H40N4O2S2/c1-5-8-13-23(7-3)21-35-30(37)27(39-31(35)38)19-25-22(4)26(20-32)29(36)34(18-9-6-2)28(25)33-17-16-24-14-11-10-12-15-24/h10-12,14-15,19,23,33H,5-9,13,16-18,21H2,1-4H3/b27-19+. The molecule has 0 saturated carbocycles. The fourth-order valence-electron chi connectivity index (χ4n) is 4.82. The summed E-state index contributed by atoms with van der Waals surface area (Å²) in [5, 5.41) is 13.4. The van der Waals surface area contributed by atoms with Gasteiger partial charge < -0.3 is 5.32 Å². The molecule has 1 atom stereocenters. The van der Waals surface area contributed by atoms with Crippen molar-refractivity contribution in [2.45, 2.75) is 79.2 Å².